The van der Waals surface area contributed by atoms with E-state index >= 15 is 0 Å². The topological polar surface area (TPSA) is 112 Å². The van der Waals surface area contributed by atoms with Gasteiger partial charge < -0.3 is 20.6 Å². The van der Waals surface area contributed by atoms with Gasteiger partial charge in [-0.2, -0.15) is 5.10 Å². The van der Waals surface area contributed by atoms with E-state index in [4.69, 9.17) is 0 Å². The Morgan fingerprint density at radius 3 is 2.63 bits per heavy atom. The third-order valence-electron chi connectivity index (χ3n) is 8.45. The minimum absolute atomic E-state index is 0.0742. The molecule has 0 bridgehead atoms. The highest BCUT2D eigenvalue weighted by atomic mass is 32.1. The molecule has 2 unspecified atom stereocenters. The summed E-state index contributed by atoms with van der Waals surface area (Å²) in [4.78, 5) is 34.5. The molecule has 2 amide bonds. The van der Waals surface area contributed by atoms with E-state index < -0.39 is 12.1 Å². The van der Waals surface area contributed by atoms with E-state index in [1.54, 1.807) is 34.3 Å². The van der Waals surface area contributed by atoms with Crippen molar-refractivity contribution in [3.8, 4) is 11.1 Å². The van der Waals surface area contributed by atoms with Crippen molar-refractivity contribution in [1.82, 2.24) is 30.3 Å². The number of rotatable bonds is 9. The number of carbonyl (C=O) groups excluding carboxylic acids is 2. The van der Waals surface area contributed by atoms with Crippen molar-refractivity contribution in [3.63, 3.8) is 0 Å². The van der Waals surface area contributed by atoms with Gasteiger partial charge in [0.25, 0.3) is 11.8 Å². The van der Waals surface area contributed by atoms with Gasteiger partial charge in [0.2, 0.25) is 0 Å². The number of benzene rings is 2. The maximum atomic E-state index is 14.0. The molecule has 10 heteroatoms. The van der Waals surface area contributed by atoms with Crippen LogP contribution in [0, 0.1) is 6.92 Å². The number of nitrogens with one attached hydrogen (secondary N) is 2. The largest absolute Gasteiger partial charge is 0.389 e. The van der Waals surface area contributed by atoms with E-state index in [2.05, 4.69) is 20.7 Å². The van der Waals surface area contributed by atoms with Gasteiger partial charge in [-0.3, -0.25) is 14.3 Å². The molecule has 0 saturated carbocycles. The normalized spacial score (nSPS) is 19.8. The lowest BCUT2D eigenvalue weighted by molar-refractivity contribution is 0.0733. The van der Waals surface area contributed by atoms with E-state index in [9.17, 15) is 14.7 Å². The Balaban J connectivity index is 1.32. The van der Waals surface area contributed by atoms with Crippen molar-refractivity contribution in [1.29, 1.82) is 0 Å². The van der Waals surface area contributed by atoms with Gasteiger partial charge in [0.05, 0.1) is 24.4 Å². The molecule has 4 atom stereocenters. The van der Waals surface area contributed by atoms with Crippen molar-refractivity contribution in [3.05, 3.63) is 93.7 Å². The molecule has 3 N–H and O–H groups in total. The number of aromatic nitrogens is 3. The van der Waals surface area contributed by atoms with E-state index in [-0.39, 0.29) is 23.9 Å². The van der Waals surface area contributed by atoms with Crippen LogP contribution in [-0.4, -0.2) is 67.9 Å². The molecule has 6 rings (SSSR count). The zero-order chi connectivity index (χ0) is 29.9. The zero-order valence-corrected chi connectivity index (χ0v) is 25.4. The van der Waals surface area contributed by atoms with Gasteiger partial charge in [0.15, 0.2) is 0 Å². The van der Waals surface area contributed by atoms with Gasteiger partial charge in [0.1, 0.15) is 5.01 Å². The van der Waals surface area contributed by atoms with Crippen molar-refractivity contribution in [2.45, 2.75) is 63.3 Å². The summed E-state index contributed by atoms with van der Waals surface area (Å²) in [6, 6.07) is 14.5. The molecule has 2 fully saturated rings. The fourth-order valence-corrected chi connectivity index (χ4v) is 7.18. The van der Waals surface area contributed by atoms with Crippen molar-refractivity contribution in [2.75, 3.05) is 13.1 Å². The van der Waals surface area contributed by atoms with Crippen LogP contribution in [0.2, 0.25) is 0 Å². The van der Waals surface area contributed by atoms with E-state index in [0.29, 0.717) is 24.1 Å². The second-order valence-corrected chi connectivity index (χ2v) is 12.5. The summed E-state index contributed by atoms with van der Waals surface area (Å²) in [6.45, 7) is 3.46. The zero-order valence-electron chi connectivity index (χ0n) is 24.6. The van der Waals surface area contributed by atoms with Crippen LogP contribution in [0.5, 0.6) is 0 Å². The molecule has 2 aromatic carbocycles. The van der Waals surface area contributed by atoms with Crippen LogP contribution in [0.4, 0.5) is 0 Å². The van der Waals surface area contributed by atoms with E-state index in [1.165, 1.54) is 0 Å². The Bertz CT molecular complexity index is 1580. The molecule has 2 aromatic heterocycles. The smallest absolute Gasteiger partial charge is 0.254 e. The number of aliphatic hydroxyl groups excluding tert-OH is 1. The molecular formula is C33H38N6O3S. The van der Waals surface area contributed by atoms with Gasteiger partial charge in [0, 0.05) is 53.6 Å². The standard InChI is InChI=1S/C33H38N6O3S/c1-21-20-43-32(36-21)29-11-7-13-39(29)33(42)25-16-23(26-18-35-38(2)19-26)15-24(17-25)31(41)37-28(14-22-8-4-3-5-9-22)30(40)27-10-6-12-34-27/h3-5,8-9,15-20,27-30,34,40H,6-7,10-14H2,1-2H3,(H,37,41)/t27?,28-,29?,30+/m0/s1. The summed E-state index contributed by atoms with van der Waals surface area (Å²) in [5, 5.41) is 25.2. The summed E-state index contributed by atoms with van der Waals surface area (Å²) in [5.74, 6) is -0.447. The summed E-state index contributed by atoms with van der Waals surface area (Å²) in [7, 11) is 1.84. The van der Waals surface area contributed by atoms with Gasteiger partial charge in [-0.05, 0) is 74.9 Å². The Labute approximate surface area is 256 Å². The number of aliphatic hydroxyl groups is 1. The molecule has 0 spiro atoms. The first-order valence-corrected chi connectivity index (χ1v) is 15.9. The number of carbonyl (C=O) groups is 2. The van der Waals surface area contributed by atoms with Crippen molar-refractivity contribution in [2.24, 2.45) is 7.05 Å². The van der Waals surface area contributed by atoms with E-state index in [0.717, 1.165) is 59.6 Å². The molecule has 9 nitrogen and oxygen atoms in total. The summed E-state index contributed by atoms with van der Waals surface area (Å²) in [6.07, 6.45) is 6.94. The molecule has 4 aromatic rings. The third-order valence-corrected chi connectivity index (χ3v) is 9.52. The number of hydrogen-bond acceptors (Lipinski definition) is 7. The third kappa shape index (κ3) is 6.56. The van der Waals surface area contributed by atoms with Crippen molar-refractivity contribution < 1.29 is 14.7 Å². The highest BCUT2D eigenvalue weighted by molar-refractivity contribution is 7.09. The molecule has 2 aliphatic heterocycles. The molecule has 4 heterocycles. The maximum absolute atomic E-state index is 14.0. The average molecular weight is 599 g/mol. The second-order valence-electron chi connectivity index (χ2n) is 11.6. The average Bonchev–Trinajstić information content (AvgIpc) is 3.84. The Morgan fingerprint density at radius 1 is 1.12 bits per heavy atom. The fraction of sp³-hybridized carbons (Fsp3) is 0.394. The predicted octanol–water partition coefficient (Wildman–Crippen LogP) is 4.28. The molecule has 224 valence electrons. The molecule has 0 aliphatic carbocycles. The molecule has 2 aliphatic rings. The number of hydrogen-bond donors (Lipinski definition) is 3. The van der Waals surface area contributed by atoms with Crippen LogP contribution < -0.4 is 10.6 Å². The van der Waals surface area contributed by atoms with Gasteiger partial charge >= 0.3 is 0 Å². The highest BCUT2D eigenvalue weighted by Gasteiger charge is 2.34. The first-order valence-electron chi connectivity index (χ1n) is 15.0. The molecule has 43 heavy (non-hydrogen) atoms. The fourth-order valence-electron chi connectivity index (χ4n) is 6.24. The van der Waals surface area contributed by atoms with Crippen molar-refractivity contribution >= 4 is 23.2 Å². The summed E-state index contributed by atoms with van der Waals surface area (Å²) in [5.41, 5.74) is 4.36. The van der Waals surface area contributed by atoms with Gasteiger partial charge in [-0.1, -0.05) is 30.3 Å². The van der Waals surface area contributed by atoms with Gasteiger partial charge in [-0.15, -0.1) is 11.3 Å². The second kappa shape index (κ2) is 12.8. The number of likely N-dealkylation sites (tertiary alicyclic amines) is 1. The lowest BCUT2D eigenvalue weighted by Crippen LogP contribution is -2.52. The maximum Gasteiger partial charge on any atom is 0.254 e. The van der Waals surface area contributed by atoms with E-state index in [1.807, 2.05) is 66.8 Å². The predicted molar refractivity (Wildman–Crippen MR) is 167 cm³/mol. The van der Waals surface area contributed by atoms with Crippen LogP contribution in [0.15, 0.2) is 66.3 Å². The Hall–Kier alpha value is -3.86. The van der Waals surface area contributed by atoms with Crippen LogP contribution in [0.1, 0.15) is 68.7 Å². The lowest BCUT2D eigenvalue weighted by atomic mass is 9.94. The summed E-state index contributed by atoms with van der Waals surface area (Å²) >= 11 is 1.59. The van der Waals surface area contributed by atoms with Crippen LogP contribution >= 0.6 is 11.3 Å². The monoisotopic (exact) mass is 598 g/mol. The van der Waals surface area contributed by atoms with Gasteiger partial charge in [-0.25, -0.2) is 4.98 Å². The summed E-state index contributed by atoms with van der Waals surface area (Å²) < 4.78 is 1.70. The number of thiazole rings is 1. The Morgan fingerprint density at radius 2 is 1.93 bits per heavy atom. The highest BCUT2D eigenvalue weighted by Crippen LogP contribution is 2.35. The first kappa shape index (κ1) is 29.2. The van der Waals surface area contributed by atoms with Crippen LogP contribution in [-0.2, 0) is 13.5 Å². The Kier molecular flexibility index (Phi) is 8.69. The first-order chi connectivity index (χ1) is 20.9. The minimum atomic E-state index is -0.763. The number of nitrogens with zero attached hydrogens (tertiary/aromatic N) is 4. The van der Waals surface area contributed by atoms with Crippen LogP contribution in [0.3, 0.4) is 0 Å². The quantitative estimate of drug-likeness (QED) is 0.265. The van der Waals surface area contributed by atoms with Crippen LogP contribution in [0.25, 0.3) is 11.1 Å². The number of amides is 2. The number of aryl methyl sites for hydroxylation is 2. The lowest BCUT2D eigenvalue weighted by Gasteiger charge is -2.29. The molecular weight excluding hydrogens is 560 g/mol. The minimum Gasteiger partial charge on any atom is -0.389 e. The SMILES string of the molecule is Cc1csc(C2CCCN2C(=O)c2cc(C(=O)N[C@@H](Cc3ccccc3)[C@H](O)C3CCCN3)cc(-c3cnn(C)c3)c2)n1. The molecule has 2 saturated heterocycles. The molecule has 0 radical (unpaired) electrons.